The fourth-order valence-corrected chi connectivity index (χ4v) is 5.06. The fraction of sp³-hybridized carbons (Fsp3) is 0.360. The van der Waals surface area contributed by atoms with E-state index in [1.807, 2.05) is 24.3 Å². The molecule has 8 nitrogen and oxygen atoms in total. The van der Waals surface area contributed by atoms with E-state index in [9.17, 15) is 23.6 Å². The molecule has 176 valence electrons. The second kappa shape index (κ2) is 8.55. The number of urea groups is 1. The number of hydrogen-bond acceptors (Lipinski definition) is 4. The van der Waals surface area contributed by atoms with Crippen molar-refractivity contribution in [3.63, 3.8) is 0 Å². The highest BCUT2D eigenvalue weighted by Crippen LogP contribution is 2.41. The molecule has 1 N–H and O–H groups in total. The van der Waals surface area contributed by atoms with E-state index in [1.165, 1.54) is 12.1 Å². The lowest BCUT2D eigenvalue weighted by Crippen LogP contribution is -2.53. The van der Waals surface area contributed by atoms with Gasteiger partial charge in [-0.15, -0.1) is 0 Å². The largest absolute Gasteiger partial charge is 0.339 e. The molecule has 1 aliphatic carbocycles. The summed E-state index contributed by atoms with van der Waals surface area (Å²) in [6, 6.07) is 12.8. The fourth-order valence-electron chi connectivity index (χ4n) is 5.06. The highest BCUT2D eigenvalue weighted by molar-refractivity contribution is 6.10. The van der Waals surface area contributed by atoms with Gasteiger partial charge in [0.15, 0.2) is 0 Å². The number of rotatable bonds is 4. The number of halogens is 1. The Morgan fingerprint density at radius 3 is 2.26 bits per heavy atom. The van der Waals surface area contributed by atoms with Crippen LogP contribution in [-0.2, 0) is 32.8 Å². The zero-order valence-corrected chi connectivity index (χ0v) is 18.6. The lowest BCUT2D eigenvalue weighted by Gasteiger charge is -2.35. The van der Waals surface area contributed by atoms with Gasteiger partial charge in [-0.1, -0.05) is 36.4 Å². The van der Waals surface area contributed by atoms with E-state index >= 15 is 0 Å². The summed E-state index contributed by atoms with van der Waals surface area (Å²) in [6.45, 7) is 1.06. The summed E-state index contributed by atoms with van der Waals surface area (Å²) in [5.74, 6) is -1.15. The van der Waals surface area contributed by atoms with Crippen molar-refractivity contribution in [1.82, 2.24) is 20.0 Å². The summed E-state index contributed by atoms with van der Waals surface area (Å²) in [4.78, 5) is 55.6. The van der Waals surface area contributed by atoms with E-state index in [1.54, 1.807) is 21.9 Å². The number of aryl methyl sites for hydroxylation is 1. The average molecular weight is 464 g/mol. The number of fused-ring (bicyclic) bond motifs is 2. The lowest BCUT2D eigenvalue weighted by atomic mass is 9.92. The first-order valence-corrected chi connectivity index (χ1v) is 11.4. The zero-order chi connectivity index (χ0) is 23.9. The van der Waals surface area contributed by atoms with E-state index in [4.69, 9.17) is 0 Å². The monoisotopic (exact) mass is 464 g/mol. The van der Waals surface area contributed by atoms with Gasteiger partial charge in [0.25, 0.3) is 5.91 Å². The molecular weight excluding hydrogens is 439 g/mol. The predicted molar refractivity (Wildman–Crippen MR) is 120 cm³/mol. The molecule has 5 amide bonds. The standard InChI is InChI=1S/C25H25FN4O4/c26-19-7-5-17(6-8-19)15-21(31)28-11-13-29(14-12-28)22(32)16-30-23(33)25(27-24(30)34)10-9-18-3-1-2-4-20(18)25/h1-8H,9-16H2,(H,27,34). The molecule has 9 heteroatoms. The van der Waals surface area contributed by atoms with Gasteiger partial charge in [-0.3, -0.25) is 19.3 Å². The average Bonchev–Trinajstić information content (AvgIpc) is 3.33. The number of carbonyl (C=O) groups excluding carboxylic acids is 4. The van der Waals surface area contributed by atoms with E-state index < -0.39 is 11.6 Å². The van der Waals surface area contributed by atoms with Crippen LogP contribution in [0.1, 0.15) is 23.1 Å². The van der Waals surface area contributed by atoms with Crippen LogP contribution in [0.2, 0.25) is 0 Å². The molecule has 0 radical (unpaired) electrons. The minimum atomic E-state index is -1.08. The summed E-state index contributed by atoms with van der Waals surface area (Å²) in [5, 5.41) is 2.83. The van der Waals surface area contributed by atoms with E-state index in [2.05, 4.69) is 5.32 Å². The Morgan fingerprint density at radius 2 is 1.56 bits per heavy atom. The molecule has 34 heavy (non-hydrogen) atoms. The van der Waals surface area contributed by atoms with Crippen LogP contribution >= 0.6 is 0 Å². The third kappa shape index (κ3) is 3.81. The minimum Gasteiger partial charge on any atom is -0.339 e. The molecule has 1 spiro atoms. The van der Waals surface area contributed by atoms with Crippen LogP contribution < -0.4 is 5.32 Å². The van der Waals surface area contributed by atoms with Crippen molar-refractivity contribution >= 4 is 23.8 Å². The molecule has 5 rings (SSSR count). The molecule has 0 bridgehead atoms. The summed E-state index contributed by atoms with van der Waals surface area (Å²) in [6.07, 6.45) is 1.34. The Balaban J connectivity index is 1.17. The Morgan fingerprint density at radius 1 is 0.912 bits per heavy atom. The maximum absolute atomic E-state index is 13.3. The van der Waals surface area contributed by atoms with Gasteiger partial charge in [0.05, 0.1) is 6.42 Å². The maximum Gasteiger partial charge on any atom is 0.325 e. The van der Waals surface area contributed by atoms with Crippen molar-refractivity contribution in [2.24, 2.45) is 0 Å². The van der Waals surface area contributed by atoms with Crippen LogP contribution in [0.3, 0.4) is 0 Å². The van der Waals surface area contributed by atoms with Crippen LogP contribution in [-0.4, -0.2) is 71.2 Å². The van der Waals surface area contributed by atoms with E-state index in [0.29, 0.717) is 39.0 Å². The van der Waals surface area contributed by atoms with Crippen molar-refractivity contribution in [3.8, 4) is 0 Å². The lowest BCUT2D eigenvalue weighted by molar-refractivity contribution is -0.142. The van der Waals surface area contributed by atoms with Gasteiger partial charge in [-0.05, 0) is 41.7 Å². The Bertz CT molecular complexity index is 1160. The molecule has 1 unspecified atom stereocenters. The highest BCUT2D eigenvalue weighted by atomic mass is 19.1. The Hall–Kier alpha value is -3.75. The normalized spacial score (nSPS) is 21.7. The Kier molecular flexibility index (Phi) is 5.55. The number of nitrogens with one attached hydrogen (secondary N) is 1. The van der Waals surface area contributed by atoms with Gasteiger partial charge in [0.2, 0.25) is 11.8 Å². The maximum atomic E-state index is 13.3. The van der Waals surface area contributed by atoms with Crippen LogP contribution in [0, 0.1) is 5.82 Å². The van der Waals surface area contributed by atoms with Gasteiger partial charge in [-0.2, -0.15) is 0 Å². The SMILES string of the molecule is O=C(Cc1ccc(F)cc1)N1CCN(C(=O)CN2C(=O)NC3(CCc4ccccc43)C2=O)CC1. The van der Waals surface area contributed by atoms with Crippen LogP contribution in [0.5, 0.6) is 0 Å². The van der Waals surface area contributed by atoms with Crippen molar-refractivity contribution in [1.29, 1.82) is 0 Å². The van der Waals surface area contributed by atoms with E-state index in [-0.39, 0.29) is 36.5 Å². The number of imide groups is 1. The third-order valence-corrected chi connectivity index (χ3v) is 6.97. The van der Waals surface area contributed by atoms with Gasteiger partial charge < -0.3 is 15.1 Å². The summed E-state index contributed by atoms with van der Waals surface area (Å²) in [7, 11) is 0. The van der Waals surface area contributed by atoms with Crippen LogP contribution in [0.4, 0.5) is 9.18 Å². The molecule has 0 aromatic heterocycles. The first-order chi connectivity index (χ1) is 16.4. The quantitative estimate of drug-likeness (QED) is 0.694. The molecule has 2 heterocycles. The van der Waals surface area contributed by atoms with Gasteiger partial charge in [0.1, 0.15) is 17.9 Å². The van der Waals surface area contributed by atoms with Crippen molar-refractivity contribution in [3.05, 3.63) is 71.0 Å². The van der Waals surface area contributed by atoms with Crippen LogP contribution in [0.25, 0.3) is 0 Å². The number of hydrogen-bond donors (Lipinski definition) is 1. The smallest absolute Gasteiger partial charge is 0.325 e. The van der Waals surface area contributed by atoms with Gasteiger partial charge in [0, 0.05) is 26.2 Å². The topological polar surface area (TPSA) is 90.0 Å². The number of amides is 5. The van der Waals surface area contributed by atoms with Crippen molar-refractivity contribution in [2.45, 2.75) is 24.8 Å². The van der Waals surface area contributed by atoms with Crippen molar-refractivity contribution < 1.29 is 23.6 Å². The molecule has 2 saturated heterocycles. The molecular formula is C25H25FN4O4. The number of benzene rings is 2. The number of carbonyl (C=O) groups is 4. The molecule has 2 aromatic carbocycles. The second-order valence-electron chi connectivity index (χ2n) is 8.95. The molecule has 2 aromatic rings. The molecule has 1 atom stereocenters. The zero-order valence-electron chi connectivity index (χ0n) is 18.6. The first kappa shape index (κ1) is 22.1. The third-order valence-electron chi connectivity index (χ3n) is 6.97. The minimum absolute atomic E-state index is 0.0883. The van der Waals surface area contributed by atoms with Gasteiger partial charge >= 0.3 is 6.03 Å². The molecule has 3 aliphatic rings. The van der Waals surface area contributed by atoms with Crippen molar-refractivity contribution in [2.75, 3.05) is 32.7 Å². The first-order valence-electron chi connectivity index (χ1n) is 11.4. The Labute approximate surface area is 196 Å². The predicted octanol–water partition coefficient (Wildman–Crippen LogP) is 1.43. The number of nitrogens with zero attached hydrogens (tertiary/aromatic N) is 3. The highest BCUT2D eigenvalue weighted by Gasteiger charge is 2.55. The second-order valence-corrected chi connectivity index (χ2v) is 8.95. The summed E-state index contributed by atoms with van der Waals surface area (Å²) < 4.78 is 13.1. The number of piperazine rings is 1. The molecule has 2 fully saturated rings. The van der Waals surface area contributed by atoms with E-state index in [0.717, 1.165) is 21.6 Å². The van der Waals surface area contributed by atoms with Gasteiger partial charge in [-0.25, -0.2) is 9.18 Å². The summed E-state index contributed by atoms with van der Waals surface area (Å²) >= 11 is 0. The van der Waals surface area contributed by atoms with Crippen LogP contribution in [0.15, 0.2) is 48.5 Å². The summed E-state index contributed by atoms with van der Waals surface area (Å²) in [5.41, 5.74) is 1.48. The molecule has 0 saturated carbocycles. The molecule has 2 aliphatic heterocycles.